The minimum atomic E-state index is -0.898. The quantitative estimate of drug-likeness (QED) is 0.906. The zero-order chi connectivity index (χ0) is 14.5. The summed E-state index contributed by atoms with van der Waals surface area (Å²) < 4.78 is 23.3. The molecule has 0 saturated carbocycles. The Balaban J connectivity index is 2.08. The Morgan fingerprint density at radius 3 is 2.70 bits per heavy atom. The molecule has 0 saturated heterocycles. The van der Waals surface area contributed by atoms with E-state index in [-0.39, 0.29) is 11.3 Å². The zero-order valence-electron chi connectivity index (χ0n) is 12.1. The van der Waals surface area contributed by atoms with Crippen LogP contribution in [-0.4, -0.2) is 28.4 Å². The van der Waals surface area contributed by atoms with E-state index in [0.29, 0.717) is 19.0 Å². The van der Waals surface area contributed by atoms with Gasteiger partial charge >= 0.3 is 0 Å². The van der Waals surface area contributed by atoms with E-state index in [1.807, 2.05) is 32.0 Å². The molecule has 1 heterocycles. The number of hydrogen-bond donors (Lipinski definition) is 1. The first-order valence-corrected chi connectivity index (χ1v) is 8.52. The van der Waals surface area contributed by atoms with Crippen molar-refractivity contribution in [2.75, 3.05) is 19.0 Å². The van der Waals surface area contributed by atoms with Crippen LogP contribution in [-0.2, 0) is 10.8 Å². The van der Waals surface area contributed by atoms with Gasteiger partial charge in [0, 0.05) is 34.3 Å². The molecule has 0 radical (unpaired) electrons. The third-order valence-electron chi connectivity index (χ3n) is 3.57. The molecule has 3 unspecified atom stereocenters. The second kappa shape index (κ2) is 7.09. The minimum Gasteiger partial charge on any atom is -0.490 e. The third kappa shape index (κ3) is 3.73. The summed E-state index contributed by atoms with van der Waals surface area (Å²) in [5.41, 5.74) is 7.12. The van der Waals surface area contributed by atoms with Crippen LogP contribution in [0.4, 0.5) is 0 Å². The van der Waals surface area contributed by atoms with Crippen molar-refractivity contribution in [3.63, 3.8) is 0 Å². The van der Waals surface area contributed by atoms with E-state index in [2.05, 4.69) is 0 Å². The van der Waals surface area contributed by atoms with Crippen LogP contribution in [0.5, 0.6) is 11.5 Å². The van der Waals surface area contributed by atoms with Crippen LogP contribution in [0.15, 0.2) is 18.2 Å². The van der Waals surface area contributed by atoms with Crippen LogP contribution in [0.25, 0.3) is 0 Å². The average Bonchev–Trinajstić information content (AvgIpc) is 2.70. The third-order valence-corrected chi connectivity index (χ3v) is 5.49. The van der Waals surface area contributed by atoms with Crippen molar-refractivity contribution in [3.05, 3.63) is 23.8 Å². The number of fused-ring (bicyclic) bond motifs is 1. The van der Waals surface area contributed by atoms with Gasteiger partial charge in [-0.3, -0.25) is 4.21 Å². The van der Waals surface area contributed by atoms with Crippen molar-refractivity contribution in [1.82, 2.24) is 0 Å². The van der Waals surface area contributed by atoms with Crippen LogP contribution in [0.1, 0.15) is 38.3 Å². The van der Waals surface area contributed by atoms with E-state index >= 15 is 0 Å². The largest absolute Gasteiger partial charge is 0.490 e. The van der Waals surface area contributed by atoms with Gasteiger partial charge in [0.2, 0.25) is 0 Å². The van der Waals surface area contributed by atoms with E-state index in [0.717, 1.165) is 29.9 Å². The molecule has 3 atom stereocenters. The lowest BCUT2D eigenvalue weighted by atomic mass is 10.1. The first kappa shape index (κ1) is 15.3. The summed E-state index contributed by atoms with van der Waals surface area (Å²) >= 11 is 0. The fourth-order valence-electron chi connectivity index (χ4n) is 2.03. The molecule has 1 aliphatic rings. The van der Waals surface area contributed by atoms with Gasteiger partial charge < -0.3 is 15.2 Å². The molecule has 0 aromatic heterocycles. The van der Waals surface area contributed by atoms with Gasteiger partial charge in [-0.2, -0.15) is 0 Å². The van der Waals surface area contributed by atoms with Crippen LogP contribution in [0.3, 0.4) is 0 Å². The molecule has 1 aromatic carbocycles. The molecule has 112 valence electrons. The Bertz CT molecular complexity index is 478. The van der Waals surface area contributed by atoms with E-state index in [1.54, 1.807) is 0 Å². The standard InChI is InChI=1S/C15H23NO3S/c1-3-11(2)20(17)10-13(16)12-5-6-14-15(9-12)19-8-4-7-18-14/h5-6,9,11,13H,3-4,7-8,10,16H2,1-2H3. The van der Waals surface area contributed by atoms with Gasteiger partial charge in [0.05, 0.1) is 13.2 Å². The summed E-state index contributed by atoms with van der Waals surface area (Å²) in [6, 6.07) is 5.51. The molecular formula is C15H23NO3S. The molecule has 1 aromatic rings. The van der Waals surface area contributed by atoms with E-state index < -0.39 is 10.8 Å². The lowest BCUT2D eigenvalue weighted by Crippen LogP contribution is -2.23. The van der Waals surface area contributed by atoms with E-state index in [1.165, 1.54) is 0 Å². The van der Waals surface area contributed by atoms with Crippen LogP contribution in [0.2, 0.25) is 0 Å². The second-order valence-electron chi connectivity index (χ2n) is 5.13. The van der Waals surface area contributed by atoms with Crippen molar-refractivity contribution < 1.29 is 13.7 Å². The summed E-state index contributed by atoms with van der Waals surface area (Å²) in [4.78, 5) is 0. The maximum Gasteiger partial charge on any atom is 0.161 e. The zero-order valence-corrected chi connectivity index (χ0v) is 12.9. The maximum atomic E-state index is 12.1. The van der Waals surface area contributed by atoms with Crippen molar-refractivity contribution in [1.29, 1.82) is 0 Å². The molecular weight excluding hydrogens is 274 g/mol. The molecule has 20 heavy (non-hydrogen) atoms. The number of nitrogens with two attached hydrogens (primary N) is 1. The first-order valence-electron chi connectivity index (χ1n) is 7.14. The van der Waals surface area contributed by atoms with Gasteiger partial charge in [0.15, 0.2) is 11.5 Å². The molecule has 1 aliphatic heterocycles. The highest BCUT2D eigenvalue weighted by molar-refractivity contribution is 7.85. The predicted octanol–water partition coefficient (Wildman–Crippen LogP) is 2.39. The summed E-state index contributed by atoms with van der Waals surface area (Å²) in [5, 5.41) is 0.182. The van der Waals surface area contributed by atoms with Crippen LogP contribution in [0, 0.1) is 0 Å². The first-order chi connectivity index (χ1) is 9.61. The highest BCUT2D eigenvalue weighted by Crippen LogP contribution is 2.32. The number of rotatable bonds is 5. The minimum absolute atomic E-state index is 0.182. The molecule has 4 nitrogen and oxygen atoms in total. The van der Waals surface area contributed by atoms with Crippen molar-refractivity contribution >= 4 is 10.8 Å². The molecule has 0 spiro atoms. The summed E-state index contributed by atoms with van der Waals surface area (Å²) in [6.45, 7) is 5.37. The highest BCUT2D eigenvalue weighted by atomic mass is 32.2. The molecule has 2 N–H and O–H groups in total. The van der Waals surface area contributed by atoms with Gasteiger partial charge in [0.25, 0.3) is 0 Å². The van der Waals surface area contributed by atoms with Gasteiger partial charge in [-0.25, -0.2) is 0 Å². The molecule has 0 amide bonds. The topological polar surface area (TPSA) is 61.6 Å². The number of hydrogen-bond acceptors (Lipinski definition) is 4. The fraction of sp³-hybridized carbons (Fsp3) is 0.600. The summed E-state index contributed by atoms with van der Waals surface area (Å²) in [5.74, 6) is 1.99. The van der Waals surface area contributed by atoms with E-state index in [4.69, 9.17) is 15.2 Å². The van der Waals surface area contributed by atoms with Crippen molar-refractivity contribution in [3.8, 4) is 11.5 Å². The van der Waals surface area contributed by atoms with E-state index in [9.17, 15) is 4.21 Å². The number of ether oxygens (including phenoxy) is 2. The van der Waals surface area contributed by atoms with Crippen LogP contribution < -0.4 is 15.2 Å². The predicted molar refractivity (Wildman–Crippen MR) is 81.7 cm³/mol. The van der Waals surface area contributed by atoms with Gasteiger partial charge in [-0.05, 0) is 24.1 Å². The SMILES string of the molecule is CCC(C)S(=O)CC(N)c1ccc2c(c1)OCCCO2. The fourth-order valence-corrected chi connectivity index (χ4v) is 3.28. The van der Waals surface area contributed by atoms with Crippen molar-refractivity contribution in [2.24, 2.45) is 5.73 Å². The summed E-state index contributed by atoms with van der Waals surface area (Å²) in [6.07, 6.45) is 1.79. The molecule has 5 heteroatoms. The molecule has 0 aliphatic carbocycles. The molecule has 0 bridgehead atoms. The van der Waals surface area contributed by atoms with Crippen LogP contribution >= 0.6 is 0 Å². The van der Waals surface area contributed by atoms with Gasteiger partial charge in [-0.15, -0.1) is 0 Å². The van der Waals surface area contributed by atoms with Gasteiger partial charge in [-0.1, -0.05) is 19.9 Å². The maximum absolute atomic E-state index is 12.1. The Labute approximate surface area is 123 Å². The number of benzene rings is 1. The normalized spacial score (nSPS) is 18.9. The lowest BCUT2D eigenvalue weighted by molar-refractivity contribution is 0.297. The van der Waals surface area contributed by atoms with Crippen molar-refractivity contribution in [2.45, 2.75) is 38.0 Å². The molecule has 0 fully saturated rings. The Kier molecular flexibility index (Phi) is 5.43. The average molecular weight is 297 g/mol. The highest BCUT2D eigenvalue weighted by Gasteiger charge is 2.17. The lowest BCUT2D eigenvalue weighted by Gasteiger charge is -2.16. The second-order valence-corrected chi connectivity index (χ2v) is 7.03. The Hall–Kier alpha value is -1.07. The summed E-state index contributed by atoms with van der Waals surface area (Å²) in [7, 11) is -0.898. The monoisotopic (exact) mass is 297 g/mol. The Morgan fingerprint density at radius 2 is 2.00 bits per heavy atom. The Morgan fingerprint density at radius 1 is 1.30 bits per heavy atom. The molecule has 2 rings (SSSR count). The van der Waals surface area contributed by atoms with Gasteiger partial charge in [0.1, 0.15) is 0 Å². The smallest absolute Gasteiger partial charge is 0.161 e.